The van der Waals surface area contributed by atoms with E-state index in [1.54, 1.807) is 42.5 Å². The molecule has 0 spiro atoms. The van der Waals surface area contributed by atoms with E-state index in [1.807, 2.05) is 0 Å². The van der Waals surface area contributed by atoms with Crippen LogP contribution in [0.3, 0.4) is 0 Å². The number of halogens is 4. The lowest BCUT2D eigenvalue weighted by Gasteiger charge is -2.32. The predicted octanol–water partition coefficient (Wildman–Crippen LogP) is 6.16. The van der Waals surface area contributed by atoms with E-state index in [1.165, 1.54) is 28.6 Å². The number of sulfonamides is 1. The number of hydrogen-bond donors (Lipinski definition) is 1. The zero-order valence-electron chi connectivity index (χ0n) is 21.2. The summed E-state index contributed by atoms with van der Waals surface area (Å²) in [6.07, 6.45) is -1.93. The second-order valence-corrected chi connectivity index (χ2v) is 11.8. The van der Waals surface area contributed by atoms with E-state index >= 15 is 0 Å². The van der Waals surface area contributed by atoms with Gasteiger partial charge in [0, 0.05) is 25.6 Å². The van der Waals surface area contributed by atoms with Crippen LogP contribution in [-0.4, -0.2) is 25.2 Å². The van der Waals surface area contributed by atoms with Gasteiger partial charge in [0.2, 0.25) is 15.9 Å². The molecule has 4 rings (SSSR count). The Labute approximate surface area is 225 Å². The van der Waals surface area contributed by atoms with E-state index in [-0.39, 0.29) is 42.3 Å². The molecule has 1 N–H and O–H groups in total. The molecule has 3 aromatic carbocycles. The lowest BCUT2D eigenvalue weighted by atomic mass is 9.81. The zero-order valence-corrected chi connectivity index (χ0v) is 22.0. The van der Waals surface area contributed by atoms with Gasteiger partial charge in [0.15, 0.2) is 0 Å². The Morgan fingerprint density at radius 2 is 1.44 bits per heavy atom. The van der Waals surface area contributed by atoms with Gasteiger partial charge < -0.3 is 5.32 Å². The summed E-state index contributed by atoms with van der Waals surface area (Å²) in [4.78, 5) is 12.9. The van der Waals surface area contributed by atoms with Crippen molar-refractivity contribution in [3.05, 3.63) is 101 Å². The quantitative estimate of drug-likeness (QED) is 0.318. The molecule has 1 amide bonds. The second-order valence-electron chi connectivity index (χ2n) is 9.87. The molecule has 208 valence electrons. The monoisotopic (exact) mass is 562 g/mol. The first-order valence-electron chi connectivity index (χ1n) is 12.8. The number of alkyl halides is 3. The van der Waals surface area contributed by atoms with Crippen molar-refractivity contribution in [2.75, 3.05) is 6.54 Å². The van der Waals surface area contributed by atoms with E-state index in [0.717, 1.165) is 12.1 Å². The average molecular weight is 563 g/mol. The lowest BCUT2D eigenvalue weighted by Crippen LogP contribution is -2.38. The SMILES string of the molecule is O=C(NCc1ccc(C(F)(F)F)cc1)C1CCC(CN(Cc2ccc(F)cc2)S(=O)(=O)c2ccccc2)CC1. The molecule has 1 aliphatic rings. The number of carbonyl (C=O) groups is 1. The molecule has 0 unspecified atom stereocenters. The fraction of sp³-hybridized carbons (Fsp3) is 0.345. The first-order chi connectivity index (χ1) is 18.5. The highest BCUT2D eigenvalue weighted by atomic mass is 32.2. The van der Waals surface area contributed by atoms with Gasteiger partial charge in [-0.15, -0.1) is 0 Å². The van der Waals surface area contributed by atoms with Crippen molar-refractivity contribution >= 4 is 15.9 Å². The fourth-order valence-electron chi connectivity index (χ4n) is 4.82. The van der Waals surface area contributed by atoms with Crippen LogP contribution in [0.4, 0.5) is 17.6 Å². The van der Waals surface area contributed by atoms with Crippen LogP contribution in [0, 0.1) is 17.7 Å². The Morgan fingerprint density at radius 3 is 2.03 bits per heavy atom. The molecule has 3 aromatic rings. The van der Waals surface area contributed by atoms with Crippen LogP contribution >= 0.6 is 0 Å². The molecule has 0 atom stereocenters. The standard InChI is InChI=1S/C29H30F4N2O3S/c30-26-16-10-23(11-17-26)20-35(39(37,38)27-4-2-1-3-5-27)19-22-6-12-24(13-7-22)28(36)34-18-21-8-14-25(15-9-21)29(31,32)33/h1-5,8-11,14-17,22,24H,6-7,12-13,18-20H2,(H,34,36). The number of hydrogen-bond acceptors (Lipinski definition) is 3. The summed E-state index contributed by atoms with van der Waals surface area (Å²) in [7, 11) is -3.80. The molecule has 0 aromatic heterocycles. The van der Waals surface area contributed by atoms with Crippen LogP contribution in [0.5, 0.6) is 0 Å². The molecule has 0 saturated heterocycles. The minimum atomic E-state index is -4.41. The van der Waals surface area contributed by atoms with Crippen molar-refractivity contribution in [2.45, 2.75) is 49.8 Å². The van der Waals surface area contributed by atoms with Crippen molar-refractivity contribution < 1.29 is 30.8 Å². The van der Waals surface area contributed by atoms with Crippen molar-refractivity contribution in [2.24, 2.45) is 11.8 Å². The van der Waals surface area contributed by atoms with E-state index in [2.05, 4.69) is 5.32 Å². The number of nitrogens with zero attached hydrogens (tertiary/aromatic N) is 1. The molecule has 1 aliphatic carbocycles. The van der Waals surface area contributed by atoms with Crippen molar-refractivity contribution in [3.8, 4) is 0 Å². The van der Waals surface area contributed by atoms with Gasteiger partial charge in [0.05, 0.1) is 10.5 Å². The summed E-state index contributed by atoms with van der Waals surface area (Å²) in [6.45, 7) is 0.511. The molecule has 5 nitrogen and oxygen atoms in total. The number of benzene rings is 3. The summed E-state index contributed by atoms with van der Waals surface area (Å²) >= 11 is 0. The van der Waals surface area contributed by atoms with Crippen molar-refractivity contribution in [3.63, 3.8) is 0 Å². The Bertz CT molecular complexity index is 1340. The molecule has 39 heavy (non-hydrogen) atoms. The predicted molar refractivity (Wildman–Crippen MR) is 139 cm³/mol. The van der Waals surface area contributed by atoms with Crippen LogP contribution in [0.25, 0.3) is 0 Å². The van der Waals surface area contributed by atoms with Crippen LogP contribution < -0.4 is 5.32 Å². The Balaban J connectivity index is 1.35. The molecule has 10 heteroatoms. The van der Waals surface area contributed by atoms with Crippen molar-refractivity contribution in [1.29, 1.82) is 0 Å². The third kappa shape index (κ3) is 7.67. The second kappa shape index (κ2) is 12.3. The number of amides is 1. The zero-order chi connectivity index (χ0) is 28.0. The number of carbonyl (C=O) groups excluding carboxylic acids is 1. The van der Waals surface area contributed by atoms with Gasteiger partial charge in [-0.2, -0.15) is 17.5 Å². The molecule has 0 heterocycles. The van der Waals surface area contributed by atoms with E-state index < -0.39 is 27.6 Å². The molecule has 1 saturated carbocycles. The van der Waals surface area contributed by atoms with Gasteiger partial charge in [0.25, 0.3) is 0 Å². The summed E-state index contributed by atoms with van der Waals surface area (Å²) in [5.41, 5.74) is 0.512. The third-order valence-corrected chi connectivity index (χ3v) is 8.91. The highest BCUT2D eigenvalue weighted by Crippen LogP contribution is 2.32. The first kappa shape index (κ1) is 28.8. The van der Waals surface area contributed by atoms with Gasteiger partial charge in [-0.25, -0.2) is 12.8 Å². The summed E-state index contributed by atoms with van der Waals surface area (Å²) in [5, 5.41) is 2.81. The Hall–Kier alpha value is -3.24. The van der Waals surface area contributed by atoms with Crippen molar-refractivity contribution in [1.82, 2.24) is 9.62 Å². The van der Waals surface area contributed by atoms with Gasteiger partial charge in [-0.3, -0.25) is 4.79 Å². The Kier molecular flexibility index (Phi) is 9.07. The highest BCUT2D eigenvalue weighted by Gasteiger charge is 2.32. The van der Waals surface area contributed by atoms with Gasteiger partial charge >= 0.3 is 6.18 Å². The Morgan fingerprint density at radius 1 is 0.846 bits per heavy atom. The van der Waals surface area contributed by atoms with Crippen LogP contribution in [0.15, 0.2) is 83.8 Å². The van der Waals surface area contributed by atoms with Crippen LogP contribution in [0.1, 0.15) is 42.4 Å². The molecule has 0 bridgehead atoms. The van der Waals surface area contributed by atoms with E-state index in [0.29, 0.717) is 36.8 Å². The fourth-order valence-corrected chi connectivity index (χ4v) is 6.35. The molecule has 0 aliphatic heterocycles. The largest absolute Gasteiger partial charge is 0.416 e. The third-order valence-electron chi connectivity index (χ3n) is 7.08. The summed E-state index contributed by atoms with van der Waals surface area (Å²) in [5.74, 6) is -0.755. The molecule has 0 radical (unpaired) electrons. The lowest BCUT2D eigenvalue weighted by molar-refractivity contribution is -0.137. The van der Waals surface area contributed by atoms with Gasteiger partial charge in [-0.1, -0.05) is 42.5 Å². The maximum atomic E-state index is 13.5. The minimum absolute atomic E-state index is 0.0444. The smallest absolute Gasteiger partial charge is 0.352 e. The number of rotatable bonds is 9. The van der Waals surface area contributed by atoms with E-state index in [9.17, 15) is 30.8 Å². The summed E-state index contributed by atoms with van der Waals surface area (Å²) < 4.78 is 80.0. The maximum Gasteiger partial charge on any atom is 0.416 e. The molecule has 1 fully saturated rings. The molecular formula is C29H30F4N2O3S. The highest BCUT2D eigenvalue weighted by molar-refractivity contribution is 7.89. The van der Waals surface area contributed by atoms with Gasteiger partial charge in [0.1, 0.15) is 5.82 Å². The minimum Gasteiger partial charge on any atom is -0.352 e. The summed E-state index contributed by atoms with van der Waals surface area (Å²) in [6, 6.07) is 18.6. The number of nitrogens with one attached hydrogen (secondary N) is 1. The first-order valence-corrected chi connectivity index (χ1v) is 14.2. The van der Waals surface area contributed by atoms with Crippen LogP contribution in [0.2, 0.25) is 0 Å². The molecular weight excluding hydrogens is 532 g/mol. The normalized spacial score (nSPS) is 18.2. The van der Waals surface area contributed by atoms with Gasteiger partial charge in [-0.05, 0) is 79.1 Å². The van der Waals surface area contributed by atoms with Crippen LogP contribution in [-0.2, 0) is 34.1 Å². The van der Waals surface area contributed by atoms with E-state index in [4.69, 9.17) is 0 Å². The average Bonchev–Trinajstić information content (AvgIpc) is 2.93. The maximum absolute atomic E-state index is 13.5. The topological polar surface area (TPSA) is 66.5 Å².